The summed E-state index contributed by atoms with van der Waals surface area (Å²) in [7, 11) is 0. The van der Waals surface area contributed by atoms with E-state index in [0.717, 1.165) is 0 Å². The molecule has 0 heterocycles. The van der Waals surface area contributed by atoms with Gasteiger partial charge >= 0.3 is 0 Å². The molecule has 1 heteroatoms. The van der Waals surface area contributed by atoms with E-state index < -0.39 is 0 Å². The van der Waals surface area contributed by atoms with Gasteiger partial charge in [-0.3, -0.25) is 4.79 Å². The van der Waals surface area contributed by atoms with Gasteiger partial charge in [-0.2, -0.15) is 0 Å². The maximum absolute atomic E-state index is 10.4. The van der Waals surface area contributed by atoms with Gasteiger partial charge in [0.1, 0.15) is 0 Å². The van der Waals surface area contributed by atoms with Crippen molar-refractivity contribution < 1.29 is 4.79 Å². The standard InChI is InChI=1S/C7H8O/c1-4-7(5-2)6(3)8/h1,5H,2-3H3/b7-5+. The largest absolute Gasteiger partial charge is 0.294 e. The van der Waals surface area contributed by atoms with Crippen molar-refractivity contribution in [2.45, 2.75) is 13.8 Å². The van der Waals surface area contributed by atoms with Crippen molar-refractivity contribution >= 4 is 5.78 Å². The van der Waals surface area contributed by atoms with Gasteiger partial charge in [0.25, 0.3) is 0 Å². The van der Waals surface area contributed by atoms with E-state index in [9.17, 15) is 4.79 Å². The molecule has 0 N–H and O–H groups in total. The van der Waals surface area contributed by atoms with Crippen LogP contribution in [0.3, 0.4) is 0 Å². The van der Waals surface area contributed by atoms with E-state index in [-0.39, 0.29) is 5.78 Å². The van der Waals surface area contributed by atoms with Gasteiger partial charge in [0, 0.05) is 0 Å². The van der Waals surface area contributed by atoms with E-state index in [1.54, 1.807) is 13.0 Å². The molecule has 0 aliphatic heterocycles. The number of rotatable bonds is 1. The lowest BCUT2D eigenvalue weighted by atomic mass is 10.2. The molecule has 0 saturated heterocycles. The molecule has 0 aliphatic rings. The third-order valence-electron chi connectivity index (χ3n) is 0.823. The van der Waals surface area contributed by atoms with Crippen molar-refractivity contribution in [2.75, 3.05) is 0 Å². The number of terminal acetylenes is 1. The zero-order chi connectivity index (χ0) is 6.57. The molecule has 0 aromatic heterocycles. The maximum atomic E-state index is 10.4. The van der Waals surface area contributed by atoms with Crippen LogP contribution in [0, 0.1) is 12.3 Å². The van der Waals surface area contributed by atoms with Crippen LogP contribution in [0.1, 0.15) is 13.8 Å². The number of ketones is 1. The Bertz CT molecular complexity index is 158. The molecule has 0 aromatic rings. The maximum Gasteiger partial charge on any atom is 0.167 e. The van der Waals surface area contributed by atoms with Crippen molar-refractivity contribution in [2.24, 2.45) is 0 Å². The zero-order valence-corrected chi connectivity index (χ0v) is 5.06. The van der Waals surface area contributed by atoms with Crippen LogP contribution < -0.4 is 0 Å². The Hall–Kier alpha value is -1.03. The van der Waals surface area contributed by atoms with E-state index in [1.807, 2.05) is 0 Å². The fraction of sp³-hybridized carbons (Fsp3) is 0.286. The quantitative estimate of drug-likeness (QED) is 0.364. The topological polar surface area (TPSA) is 17.1 Å². The van der Waals surface area contributed by atoms with Crippen molar-refractivity contribution in [1.82, 2.24) is 0 Å². The zero-order valence-electron chi connectivity index (χ0n) is 5.06. The summed E-state index contributed by atoms with van der Waals surface area (Å²) in [5, 5.41) is 0. The van der Waals surface area contributed by atoms with Gasteiger partial charge < -0.3 is 0 Å². The highest BCUT2D eigenvalue weighted by atomic mass is 16.1. The predicted molar refractivity (Wildman–Crippen MR) is 33.3 cm³/mol. The lowest BCUT2D eigenvalue weighted by molar-refractivity contribution is -0.113. The van der Waals surface area contributed by atoms with E-state index in [4.69, 9.17) is 6.42 Å². The highest BCUT2D eigenvalue weighted by Crippen LogP contribution is 1.90. The normalized spacial score (nSPS) is 10.4. The lowest BCUT2D eigenvalue weighted by Gasteiger charge is -1.85. The minimum absolute atomic E-state index is 0.0463. The molecule has 0 fully saturated rings. The summed E-state index contributed by atoms with van der Waals surface area (Å²) in [4.78, 5) is 10.4. The third-order valence-corrected chi connectivity index (χ3v) is 0.823. The SMILES string of the molecule is C#C/C(=C\C)C(C)=O. The van der Waals surface area contributed by atoms with Gasteiger partial charge in [-0.1, -0.05) is 12.0 Å². The number of hydrogen-bond donors (Lipinski definition) is 0. The van der Waals surface area contributed by atoms with Crippen LogP contribution in [0.15, 0.2) is 11.6 Å². The molecule has 1 nitrogen and oxygen atoms in total. The monoisotopic (exact) mass is 108 g/mol. The van der Waals surface area contributed by atoms with Crippen LogP contribution in [0.25, 0.3) is 0 Å². The molecule has 0 radical (unpaired) electrons. The summed E-state index contributed by atoms with van der Waals surface area (Å²) < 4.78 is 0. The minimum atomic E-state index is -0.0463. The Morgan fingerprint density at radius 2 is 2.25 bits per heavy atom. The van der Waals surface area contributed by atoms with Crippen LogP contribution in [0.4, 0.5) is 0 Å². The Balaban J connectivity index is 4.20. The van der Waals surface area contributed by atoms with Crippen LogP contribution in [-0.2, 0) is 4.79 Å². The molecule has 0 unspecified atom stereocenters. The van der Waals surface area contributed by atoms with Gasteiger partial charge in [0.15, 0.2) is 5.78 Å². The summed E-state index contributed by atoms with van der Waals surface area (Å²) in [6.07, 6.45) is 6.57. The van der Waals surface area contributed by atoms with Crippen molar-refractivity contribution in [3.05, 3.63) is 11.6 Å². The van der Waals surface area contributed by atoms with Crippen molar-refractivity contribution in [3.8, 4) is 12.3 Å². The van der Waals surface area contributed by atoms with E-state index in [2.05, 4.69) is 5.92 Å². The fourth-order valence-electron chi connectivity index (χ4n) is 0.388. The number of allylic oxidation sites excluding steroid dienone is 2. The van der Waals surface area contributed by atoms with E-state index in [1.165, 1.54) is 6.92 Å². The van der Waals surface area contributed by atoms with E-state index >= 15 is 0 Å². The molecular formula is C7H8O. The van der Waals surface area contributed by atoms with E-state index in [0.29, 0.717) is 5.57 Å². The second kappa shape index (κ2) is 3.04. The average molecular weight is 108 g/mol. The number of carbonyl (C=O) groups is 1. The third kappa shape index (κ3) is 1.61. The second-order valence-electron chi connectivity index (χ2n) is 1.40. The van der Waals surface area contributed by atoms with Crippen molar-refractivity contribution in [3.63, 3.8) is 0 Å². The van der Waals surface area contributed by atoms with Gasteiger partial charge in [0.2, 0.25) is 0 Å². The Morgan fingerprint density at radius 3 is 2.25 bits per heavy atom. The molecule has 0 rings (SSSR count). The van der Waals surface area contributed by atoms with Crippen LogP contribution >= 0.6 is 0 Å². The first-order chi connectivity index (χ1) is 3.72. The van der Waals surface area contributed by atoms with Crippen molar-refractivity contribution in [1.29, 1.82) is 0 Å². The summed E-state index contributed by atoms with van der Waals surface area (Å²) in [5.41, 5.74) is 0.449. The number of Topliss-reactive ketones (excluding diaryl/α,β-unsaturated/α-hetero) is 1. The second-order valence-corrected chi connectivity index (χ2v) is 1.40. The summed E-state index contributed by atoms with van der Waals surface area (Å²) in [6.45, 7) is 3.20. The van der Waals surface area contributed by atoms with Crippen LogP contribution in [-0.4, -0.2) is 5.78 Å². The predicted octanol–water partition coefficient (Wildman–Crippen LogP) is 1.15. The van der Waals surface area contributed by atoms with Crippen LogP contribution in [0.2, 0.25) is 0 Å². The molecule has 0 saturated carbocycles. The molecule has 0 bridgehead atoms. The van der Waals surface area contributed by atoms with Gasteiger partial charge in [-0.25, -0.2) is 0 Å². The highest BCUT2D eigenvalue weighted by molar-refractivity contribution is 5.97. The summed E-state index contributed by atoms with van der Waals surface area (Å²) >= 11 is 0. The first-order valence-corrected chi connectivity index (χ1v) is 2.36. The summed E-state index contributed by atoms with van der Waals surface area (Å²) in [6, 6.07) is 0. The summed E-state index contributed by atoms with van der Waals surface area (Å²) in [5.74, 6) is 2.22. The molecule has 8 heavy (non-hydrogen) atoms. The van der Waals surface area contributed by atoms with Gasteiger partial charge in [-0.05, 0) is 13.8 Å². The molecule has 0 aliphatic carbocycles. The Kier molecular flexibility index (Phi) is 2.64. The first-order valence-electron chi connectivity index (χ1n) is 2.36. The molecule has 42 valence electrons. The molecular weight excluding hydrogens is 100 g/mol. The highest BCUT2D eigenvalue weighted by Gasteiger charge is 1.93. The minimum Gasteiger partial charge on any atom is -0.294 e. The average Bonchev–Trinajstić information content (AvgIpc) is 1.69. The molecule has 0 spiro atoms. The van der Waals surface area contributed by atoms with Gasteiger partial charge in [-0.15, -0.1) is 6.42 Å². The smallest absolute Gasteiger partial charge is 0.167 e. The number of hydrogen-bond acceptors (Lipinski definition) is 1. The first kappa shape index (κ1) is 6.97. The number of carbonyl (C=O) groups excluding carboxylic acids is 1. The van der Waals surface area contributed by atoms with Crippen LogP contribution in [0.5, 0.6) is 0 Å². The fourth-order valence-corrected chi connectivity index (χ4v) is 0.388. The molecule has 0 aromatic carbocycles. The Morgan fingerprint density at radius 1 is 1.75 bits per heavy atom. The lowest BCUT2D eigenvalue weighted by Crippen LogP contribution is -1.91. The molecule has 0 amide bonds. The molecule has 0 atom stereocenters. The Labute approximate surface area is 49.4 Å². The van der Waals surface area contributed by atoms with Gasteiger partial charge in [0.05, 0.1) is 5.57 Å².